The number of nitrogens with zero attached hydrogens (tertiary/aromatic N) is 8. The first kappa shape index (κ1) is 17.0. The lowest BCUT2D eigenvalue weighted by Gasteiger charge is -2.08. The molecule has 5 rings (SSSR count). The molecule has 144 valence electrons. The predicted molar refractivity (Wildman–Crippen MR) is 103 cm³/mol. The molecule has 28 heavy (non-hydrogen) atoms. The summed E-state index contributed by atoms with van der Waals surface area (Å²) < 4.78 is 11.5. The average Bonchev–Trinajstić information content (AvgIpc) is 3.36. The third-order valence-electron chi connectivity index (χ3n) is 4.73. The van der Waals surface area contributed by atoms with Crippen LogP contribution in [0.3, 0.4) is 0 Å². The number of hydrogen-bond acceptors (Lipinski definition) is 7. The summed E-state index contributed by atoms with van der Waals surface area (Å²) in [5.74, 6) is 1.80. The number of aromatic nitrogens is 8. The number of fused-ring (bicyclic) bond motifs is 2. The van der Waals surface area contributed by atoms with Crippen LogP contribution < -0.4 is 10.1 Å². The zero-order valence-corrected chi connectivity index (χ0v) is 16.2. The van der Waals surface area contributed by atoms with Gasteiger partial charge in [0.2, 0.25) is 5.95 Å². The van der Waals surface area contributed by atoms with Crippen molar-refractivity contribution in [2.75, 3.05) is 11.9 Å². The van der Waals surface area contributed by atoms with Crippen LogP contribution in [0.1, 0.15) is 19.0 Å². The molecular formula is C17H18ClN9O. The van der Waals surface area contributed by atoms with Crippen molar-refractivity contribution < 1.29 is 4.74 Å². The van der Waals surface area contributed by atoms with E-state index in [4.69, 9.17) is 16.3 Å². The van der Waals surface area contributed by atoms with Gasteiger partial charge in [-0.25, -0.2) is 19.0 Å². The topological polar surface area (TPSA) is 100 Å². The first-order valence-electron chi connectivity index (χ1n) is 9.06. The minimum Gasteiger partial charge on any atom is -0.475 e. The van der Waals surface area contributed by atoms with Crippen molar-refractivity contribution in [3.8, 4) is 11.7 Å². The maximum Gasteiger partial charge on any atom is 0.257 e. The van der Waals surface area contributed by atoms with E-state index in [-0.39, 0.29) is 0 Å². The molecule has 4 aromatic rings. The Morgan fingerprint density at radius 2 is 2.21 bits per heavy atom. The number of rotatable bonds is 2. The number of halogens is 1. The zero-order chi connectivity index (χ0) is 19.3. The Morgan fingerprint density at radius 1 is 1.32 bits per heavy atom. The van der Waals surface area contributed by atoms with E-state index in [9.17, 15) is 0 Å². The SMILES string of the molecule is CCn1nccc1-n1nc2c(c1C)Nc1ncc3c(Cl)nn(c3n1)CCCO2. The molecule has 0 aliphatic carbocycles. The highest BCUT2D eigenvalue weighted by Crippen LogP contribution is 2.33. The van der Waals surface area contributed by atoms with Gasteiger partial charge in [-0.15, -0.1) is 5.10 Å². The molecule has 1 aliphatic heterocycles. The molecule has 1 aliphatic rings. The second-order valence-electron chi connectivity index (χ2n) is 6.45. The van der Waals surface area contributed by atoms with Crippen molar-refractivity contribution in [1.82, 2.24) is 39.3 Å². The van der Waals surface area contributed by atoms with Crippen LogP contribution in [-0.4, -0.2) is 45.9 Å². The third kappa shape index (κ3) is 2.60. The first-order valence-corrected chi connectivity index (χ1v) is 9.44. The molecule has 4 aromatic heterocycles. The Labute approximate surface area is 165 Å². The number of ether oxygens (including phenoxy) is 1. The van der Waals surface area contributed by atoms with Crippen LogP contribution in [-0.2, 0) is 13.1 Å². The van der Waals surface area contributed by atoms with Gasteiger partial charge in [0.05, 0.1) is 23.9 Å². The standard InChI is InChI=1S/C17H18ClN9O/c1-3-25-12(5-6-20-25)27-10(2)13-16(24-27)28-8-4-7-26-15-11(14(18)23-26)9-19-17(21-13)22-15/h5-6,9H,3-4,7-8H2,1-2H3,(H,19,21,22). The fourth-order valence-electron chi connectivity index (χ4n) is 3.33. The van der Waals surface area contributed by atoms with E-state index in [1.54, 1.807) is 17.1 Å². The maximum absolute atomic E-state index is 6.21. The highest BCUT2D eigenvalue weighted by atomic mass is 35.5. The third-order valence-corrected chi connectivity index (χ3v) is 5.01. The molecule has 0 atom stereocenters. The van der Waals surface area contributed by atoms with E-state index in [0.717, 1.165) is 35.6 Å². The molecule has 0 radical (unpaired) electrons. The Balaban J connectivity index is 1.64. The molecular weight excluding hydrogens is 382 g/mol. The molecule has 2 bridgehead atoms. The van der Waals surface area contributed by atoms with Gasteiger partial charge in [0.25, 0.3) is 5.88 Å². The molecule has 0 amide bonds. The maximum atomic E-state index is 6.21. The van der Waals surface area contributed by atoms with Gasteiger partial charge in [-0.1, -0.05) is 11.6 Å². The summed E-state index contributed by atoms with van der Waals surface area (Å²) in [5, 5.41) is 17.7. The van der Waals surface area contributed by atoms with E-state index >= 15 is 0 Å². The fraction of sp³-hybridized carbons (Fsp3) is 0.353. The summed E-state index contributed by atoms with van der Waals surface area (Å²) >= 11 is 6.21. The predicted octanol–water partition coefficient (Wildman–Crippen LogP) is 2.72. The molecule has 0 spiro atoms. The van der Waals surface area contributed by atoms with Crippen molar-refractivity contribution in [2.24, 2.45) is 0 Å². The van der Waals surface area contributed by atoms with Crippen molar-refractivity contribution in [3.05, 3.63) is 29.3 Å². The van der Waals surface area contributed by atoms with Crippen molar-refractivity contribution in [3.63, 3.8) is 0 Å². The molecule has 10 nitrogen and oxygen atoms in total. The highest BCUT2D eigenvalue weighted by Gasteiger charge is 2.22. The van der Waals surface area contributed by atoms with Crippen LogP contribution in [0, 0.1) is 6.92 Å². The van der Waals surface area contributed by atoms with Crippen LogP contribution in [0.15, 0.2) is 18.5 Å². The number of aryl methyl sites for hydroxylation is 2. The Morgan fingerprint density at radius 3 is 3.07 bits per heavy atom. The zero-order valence-electron chi connectivity index (χ0n) is 15.4. The van der Waals surface area contributed by atoms with Crippen LogP contribution in [0.4, 0.5) is 11.6 Å². The van der Waals surface area contributed by atoms with Gasteiger partial charge in [-0.3, -0.25) is 0 Å². The minimum atomic E-state index is 0.400. The molecule has 0 unspecified atom stereocenters. The summed E-state index contributed by atoms with van der Waals surface area (Å²) in [6, 6.07) is 1.92. The van der Waals surface area contributed by atoms with Crippen LogP contribution in [0.25, 0.3) is 16.9 Å². The van der Waals surface area contributed by atoms with Gasteiger partial charge < -0.3 is 10.1 Å². The van der Waals surface area contributed by atoms with Crippen LogP contribution >= 0.6 is 11.6 Å². The molecule has 0 saturated carbocycles. The van der Waals surface area contributed by atoms with Crippen molar-refractivity contribution in [2.45, 2.75) is 33.4 Å². The Kier molecular flexibility index (Phi) is 3.93. The van der Waals surface area contributed by atoms with Crippen LogP contribution in [0.5, 0.6) is 5.88 Å². The summed E-state index contributed by atoms with van der Waals surface area (Å²) in [6.45, 7) is 5.87. The molecule has 0 fully saturated rings. The lowest BCUT2D eigenvalue weighted by atomic mass is 10.3. The summed E-state index contributed by atoms with van der Waals surface area (Å²) in [6.07, 6.45) is 4.18. The van der Waals surface area contributed by atoms with Gasteiger partial charge >= 0.3 is 0 Å². The van der Waals surface area contributed by atoms with Crippen LogP contribution in [0.2, 0.25) is 5.15 Å². The van der Waals surface area contributed by atoms with E-state index < -0.39 is 0 Å². The van der Waals surface area contributed by atoms with Gasteiger partial charge in [0, 0.05) is 31.8 Å². The van der Waals surface area contributed by atoms with Gasteiger partial charge in [-0.05, 0) is 13.8 Å². The van der Waals surface area contributed by atoms with E-state index in [1.165, 1.54) is 0 Å². The van der Waals surface area contributed by atoms with E-state index in [1.807, 2.05) is 29.3 Å². The lowest BCUT2D eigenvalue weighted by Crippen LogP contribution is -2.09. The Hall–Kier alpha value is -3.14. The average molecular weight is 400 g/mol. The first-order chi connectivity index (χ1) is 13.7. The number of anilines is 2. The molecule has 0 saturated heterocycles. The summed E-state index contributed by atoms with van der Waals surface area (Å²) in [4.78, 5) is 8.99. The molecule has 0 aromatic carbocycles. The second-order valence-corrected chi connectivity index (χ2v) is 6.81. The quantitative estimate of drug-likeness (QED) is 0.553. The minimum absolute atomic E-state index is 0.400. The summed E-state index contributed by atoms with van der Waals surface area (Å²) in [5.41, 5.74) is 2.29. The van der Waals surface area contributed by atoms with Gasteiger partial charge in [0.1, 0.15) is 5.69 Å². The number of hydrogen-bond donors (Lipinski definition) is 1. The lowest BCUT2D eigenvalue weighted by molar-refractivity contribution is 0.288. The van der Waals surface area contributed by atoms with E-state index in [0.29, 0.717) is 35.8 Å². The van der Waals surface area contributed by atoms with Gasteiger partial charge in [-0.2, -0.15) is 15.2 Å². The monoisotopic (exact) mass is 399 g/mol. The normalized spacial score (nSPS) is 13.8. The fourth-order valence-corrected chi connectivity index (χ4v) is 3.55. The Bertz CT molecular complexity index is 1180. The van der Waals surface area contributed by atoms with Gasteiger partial charge in [0.15, 0.2) is 16.6 Å². The number of nitrogens with one attached hydrogen (secondary N) is 1. The van der Waals surface area contributed by atoms with E-state index in [2.05, 4.69) is 30.6 Å². The molecule has 5 heterocycles. The van der Waals surface area contributed by atoms with Crippen molar-refractivity contribution in [1.29, 1.82) is 0 Å². The summed E-state index contributed by atoms with van der Waals surface area (Å²) in [7, 11) is 0. The molecule has 1 N–H and O–H groups in total. The van der Waals surface area contributed by atoms with Crippen molar-refractivity contribution >= 4 is 34.3 Å². The highest BCUT2D eigenvalue weighted by molar-refractivity contribution is 6.34. The second kappa shape index (κ2) is 6.48. The molecule has 11 heteroatoms. The largest absolute Gasteiger partial charge is 0.475 e. The smallest absolute Gasteiger partial charge is 0.257 e.